The molecule has 0 fully saturated rings. The SMILES string of the molecule is O=c1c2c(ccc3ccccc13)CNC=C2. The van der Waals surface area contributed by atoms with Gasteiger partial charge < -0.3 is 5.32 Å². The van der Waals surface area contributed by atoms with Gasteiger partial charge in [0.1, 0.15) is 0 Å². The number of hydrogen-bond acceptors (Lipinski definition) is 2. The van der Waals surface area contributed by atoms with Crippen LogP contribution in [0.4, 0.5) is 0 Å². The van der Waals surface area contributed by atoms with Crippen LogP contribution in [0.15, 0.2) is 47.4 Å². The molecule has 3 rings (SSSR count). The van der Waals surface area contributed by atoms with Crippen LogP contribution in [0.1, 0.15) is 11.1 Å². The molecule has 0 aliphatic carbocycles. The number of rotatable bonds is 0. The highest BCUT2D eigenvalue weighted by molar-refractivity contribution is 5.84. The first-order valence-electron chi connectivity index (χ1n) is 5.31. The lowest BCUT2D eigenvalue weighted by Gasteiger charge is -2.07. The molecule has 1 heterocycles. The molecule has 2 aromatic carbocycles. The minimum Gasteiger partial charge on any atom is -0.387 e. The molecular formula is C14H11NO. The number of nitrogens with one attached hydrogen (secondary N) is 1. The van der Waals surface area contributed by atoms with Crippen LogP contribution in [0.5, 0.6) is 0 Å². The molecule has 0 spiro atoms. The van der Waals surface area contributed by atoms with Crippen molar-refractivity contribution in [2.45, 2.75) is 6.54 Å². The largest absolute Gasteiger partial charge is 0.387 e. The van der Waals surface area contributed by atoms with Crippen LogP contribution in [0.3, 0.4) is 0 Å². The third-order valence-electron chi connectivity index (χ3n) is 2.92. The van der Waals surface area contributed by atoms with Gasteiger partial charge in [0.2, 0.25) is 0 Å². The van der Waals surface area contributed by atoms with Gasteiger partial charge in [-0.2, -0.15) is 0 Å². The van der Waals surface area contributed by atoms with E-state index >= 15 is 0 Å². The Labute approximate surface area is 93.2 Å². The predicted octanol–water partition coefficient (Wildman–Crippen LogP) is 2.27. The van der Waals surface area contributed by atoms with E-state index in [2.05, 4.69) is 5.32 Å². The van der Waals surface area contributed by atoms with Crippen LogP contribution >= 0.6 is 0 Å². The average molecular weight is 209 g/mol. The van der Waals surface area contributed by atoms with Crippen LogP contribution in [0, 0.1) is 0 Å². The van der Waals surface area contributed by atoms with Crippen molar-refractivity contribution in [1.29, 1.82) is 0 Å². The summed E-state index contributed by atoms with van der Waals surface area (Å²) in [5.74, 6) is 0. The Kier molecular flexibility index (Phi) is 2.00. The molecule has 0 aromatic heterocycles. The van der Waals surface area contributed by atoms with E-state index in [9.17, 15) is 4.79 Å². The molecule has 2 nitrogen and oxygen atoms in total. The summed E-state index contributed by atoms with van der Waals surface area (Å²) in [6.45, 7) is 0.724. The van der Waals surface area contributed by atoms with Gasteiger partial charge in [-0.25, -0.2) is 0 Å². The summed E-state index contributed by atoms with van der Waals surface area (Å²) >= 11 is 0. The molecule has 78 valence electrons. The smallest absolute Gasteiger partial charge is 0.194 e. The summed E-state index contributed by atoms with van der Waals surface area (Å²) < 4.78 is 0. The molecule has 0 amide bonds. The van der Waals surface area contributed by atoms with E-state index in [1.165, 1.54) is 0 Å². The molecule has 0 unspecified atom stereocenters. The lowest BCUT2D eigenvalue weighted by molar-refractivity contribution is 0.859. The van der Waals surface area contributed by atoms with Crippen LogP contribution in [-0.2, 0) is 6.54 Å². The van der Waals surface area contributed by atoms with Crippen LogP contribution < -0.4 is 10.7 Å². The Morgan fingerprint density at radius 1 is 1.06 bits per heavy atom. The van der Waals surface area contributed by atoms with Gasteiger partial charge in [-0.15, -0.1) is 0 Å². The highest BCUT2D eigenvalue weighted by atomic mass is 16.1. The van der Waals surface area contributed by atoms with Crippen molar-refractivity contribution in [3.63, 3.8) is 0 Å². The maximum atomic E-state index is 12.3. The number of benzene rings is 1. The molecule has 1 aliphatic rings. The molecule has 2 heteroatoms. The van der Waals surface area contributed by atoms with Gasteiger partial charge in [0.25, 0.3) is 0 Å². The van der Waals surface area contributed by atoms with Gasteiger partial charge >= 0.3 is 0 Å². The number of hydrogen-bond donors (Lipinski definition) is 1. The van der Waals surface area contributed by atoms with E-state index in [0.29, 0.717) is 0 Å². The fourth-order valence-electron chi connectivity index (χ4n) is 2.07. The van der Waals surface area contributed by atoms with Crippen molar-refractivity contribution in [1.82, 2.24) is 5.32 Å². The van der Waals surface area contributed by atoms with E-state index in [1.54, 1.807) is 0 Å². The second-order valence-corrected chi connectivity index (χ2v) is 3.90. The van der Waals surface area contributed by atoms with E-state index in [0.717, 1.165) is 28.4 Å². The van der Waals surface area contributed by atoms with E-state index in [4.69, 9.17) is 0 Å². The lowest BCUT2D eigenvalue weighted by atomic mass is 10.1. The summed E-state index contributed by atoms with van der Waals surface area (Å²) in [5, 5.41) is 4.90. The van der Waals surface area contributed by atoms with E-state index in [-0.39, 0.29) is 5.43 Å². The van der Waals surface area contributed by atoms with E-state index in [1.807, 2.05) is 48.7 Å². The summed E-state index contributed by atoms with van der Waals surface area (Å²) in [4.78, 5) is 12.3. The van der Waals surface area contributed by atoms with Crippen molar-refractivity contribution in [3.8, 4) is 0 Å². The van der Waals surface area contributed by atoms with Gasteiger partial charge in [0, 0.05) is 17.5 Å². The summed E-state index contributed by atoms with van der Waals surface area (Å²) in [6.07, 6.45) is 3.69. The minimum atomic E-state index is 0.119. The zero-order valence-corrected chi connectivity index (χ0v) is 8.73. The van der Waals surface area contributed by atoms with Gasteiger partial charge in [-0.1, -0.05) is 36.4 Å². The molecule has 0 bridgehead atoms. The molecule has 16 heavy (non-hydrogen) atoms. The van der Waals surface area contributed by atoms with Crippen molar-refractivity contribution in [2.75, 3.05) is 0 Å². The first-order chi connectivity index (χ1) is 7.86. The van der Waals surface area contributed by atoms with Crippen molar-refractivity contribution in [3.05, 3.63) is 63.9 Å². The fourth-order valence-corrected chi connectivity index (χ4v) is 2.07. The topological polar surface area (TPSA) is 29.1 Å². The Morgan fingerprint density at radius 3 is 2.88 bits per heavy atom. The van der Waals surface area contributed by atoms with E-state index < -0.39 is 0 Å². The van der Waals surface area contributed by atoms with Gasteiger partial charge in [0.05, 0.1) is 0 Å². The molecule has 0 saturated carbocycles. The molecule has 0 radical (unpaired) electrons. The second-order valence-electron chi connectivity index (χ2n) is 3.90. The first-order valence-corrected chi connectivity index (χ1v) is 5.31. The predicted molar refractivity (Wildman–Crippen MR) is 66.1 cm³/mol. The van der Waals surface area contributed by atoms with Crippen molar-refractivity contribution < 1.29 is 0 Å². The third kappa shape index (κ3) is 1.31. The Balaban J connectivity index is 2.52. The second kappa shape index (κ2) is 3.49. The fraction of sp³-hybridized carbons (Fsp3) is 0.0714. The zero-order chi connectivity index (χ0) is 11.0. The summed E-state index contributed by atoms with van der Waals surface area (Å²) in [5.41, 5.74) is 1.98. The van der Waals surface area contributed by atoms with Gasteiger partial charge in [-0.3, -0.25) is 4.79 Å². The van der Waals surface area contributed by atoms with Crippen LogP contribution in [0.2, 0.25) is 0 Å². The standard InChI is InChI=1S/C14H11NO/c16-14-12-4-2-1-3-10(12)5-6-11-9-15-8-7-13(11)14/h1-8,15H,9H2. The van der Waals surface area contributed by atoms with Crippen molar-refractivity contribution >= 4 is 16.8 Å². The highest BCUT2D eigenvalue weighted by Crippen LogP contribution is 2.15. The first kappa shape index (κ1) is 9.16. The van der Waals surface area contributed by atoms with Gasteiger partial charge in [0.15, 0.2) is 5.43 Å². The molecule has 1 N–H and O–H groups in total. The zero-order valence-electron chi connectivity index (χ0n) is 8.73. The maximum Gasteiger partial charge on any atom is 0.194 e. The normalized spacial score (nSPS) is 13.2. The quantitative estimate of drug-likeness (QED) is 0.721. The molecule has 0 atom stereocenters. The van der Waals surface area contributed by atoms with Crippen molar-refractivity contribution in [2.24, 2.45) is 0 Å². The Hall–Kier alpha value is -2.09. The molecule has 1 aliphatic heterocycles. The molecule has 0 saturated heterocycles. The van der Waals surface area contributed by atoms with Gasteiger partial charge in [-0.05, 0) is 23.2 Å². The maximum absolute atomic E-state index is 12.3. The highest BCUT2D eigenvalue weighted by Gasteiger charge is 2.08. The summed E-state index contributed by atoms with van der Waals surface area (Å²) in [6, 6.07) is 11.7. The minimum absolute atomic E-state index is 0.119. The lowest BCUT2D eigenvalue weighted by Crippen LogP contribution is -2.15. The molecule has 2 aromatic rings. The Morgan fingerprint density at radius 2 is 1.94 bits per heavy atom. The third-order valence-corrected chi connectivity index (χ3v) is 2.92. The number of fused-ring (bicyclic) bond motifs is 2. The Bertz CT molecular complexity index is 644. The molecular weight excluding hydrogens is 198 g/mol. The summed E-state index contributed by atoms with van der Waals surface area (Å²) in [7, 11) is 0. The monoisotopic (exact) mass is 209 g/mol. The van der Waals surface area contributed by atoms with Crippen LogP contribution in [-0.4, -0.2) is 0 Å². The average Bonchev–Trinajstić information content (AvgIpc) is 2.49. The van der Waals surface area contributed by atoms with Crippen LogP contribution in [0.25, 0.3) is 16.8 Å².